The van der Waals surface area contributed by atoms with Gasteiger partial charge in [-0.3, -0.25) is 0 Å². The molecule has 2 rings (SSSR count). The Morgan fingerprint density at radius 3 is 2.24 bits per heavy atom. The van der Waals surface area contributed by atoms with Crippen LogP contribution >= 0.6 is 11.6 Å². The number of benzene rings is 1. The van der Waals surface area contributed by atoms with Gasteiger partial charge in [0.1, 0.15) is 0 Å². The van der Waals surface area contributed by atoms with Crippen LogP contribution in [0.3, 0.4) is 0 Å². The van der Waals surface area contributed by atoms with E-state index in [1.54, 1.807) is 6.92 Å². The number of rotatable bonds is 3. The van der Waals surface area contributed by atoms with Crippen molar-refractivity contribution in [2.75, 3.05) is 13.2 Å². The fourth-order valence-corrected chi connectivity index (χ4v) is 2.61. The van der Waals surface area contributed by atoms with Crippen LogP contribution in [0.2, 0.25) is 0 Å². The molecule has 2 unspecified atom stereocenters. The summed E-state index contributed by atoms with van der Waals surface area (Å²) in [4.78, 5) is 0. The predicted molar refractivity (Wildman–Crippen MR) is 100 cm³/mol. The summed E-state index contributed by atoms with van der Waals surface area (Å²) in [6, 6.07) is 3.58. The van der Waals surface area contributed by atoms with E-state index in [1.807, 2.05) is 0 Å². The Balaban J connectivity index is 0.000000417. The quantitative estimate of drug-likeness (QED) is 0.502. The molecule has 2 atom stereocenters. The fraction of sp³-hybridized carbons (Fsp3) is 0.700. The summed E-state index contributed by atoms with van der Waals surface area (Å²) in [6.07, 6.45) is -0.447. The van der Waals surface area contributed by atoms with Gasteiger partial charge in [-0.1, -0.05) is 46.6 Å². The zero-order valence-corrected chi connectivity index (χ0v) is 16.8. The Morgan fingerprint density at radius 1 is 1.24 bits per heavy atom. The Hall–Kier alpha value is -0.740. The lowest BCUT2D eigenvalue weighted by molar-refractivity contribution is -0.137. The van der Waals surface area contributed by atoms with Gasteiger partial charge in [0.05, 0.1) is 5.56 Å². The molecule has 1 saturated heterocycles. The molecule has 1 fully saturated rings. The molecule has 0 spiro atoms. The lowest BCUT2D eigenvalue weighted by Gasteiger charge is -2.13. The van der Waals surface area contributed by atoms with Crippen molar-refractivity contribution in [1.82, 2.24) is 0 Å². The molecule has 1 heterocycles. The Bertz CT molecular complexity index is 468. The van der Waals surface area contributed by atoms with Crippen LogP contribution in [0.4, 0.5) is 13.2 Å². The molecule has 1 aromatic carbocycles. The van der Waals surface area contributed by atoms with Crippen molar-refractivity contribution >= 4 is 11.6 Å². The molecule has 0 radical (unpaired) electrons. The van der Waals surface area contributed by atoms with Crippen LogP contribution in [0, 0.1) is 18.8 Å². The van der Waals surface area contributed by atoms with E-state index in [0.717, 1.165) is 42.7 Å². The molecule has 1 aliphatic heterocycles. The van der Waals surface area contributed by atoms with E-state index in [9.17, 15) is 13.2 Å². The molecule has 1 nitrogen and oxygen atoms in total. The fourth-order valence-electron chi connectivity index (χ4n) is 2.33. The second kappa shape index (κ2) is 12.6. The third-order valence-electron chi connectivity index (χ3n) is 4.23. The van der Waals surface area contributed by atoms with Gasteiger partial charge in [0, 0.05) is 19.1 Å². The van der Waals surface area contributed by atoms with Gasteiger partial charge in [-0.25, -0.2) is 0 Å². The maximum atomic E-state index is 12.2. The molecule has 0 amide bonds. The second-order valence-corrected chi connectivity index (χ2v) is 6.76. The Labute approximate surface area is 155 Å². The molecule has 25 heavy (non-hydrogen) atoms. The van der Waals surface area contributed by atoms with E-state index in [0.29, 0.717) is 5.56 Å². The van der Waals surface area contributed by atoms with E-state index in [4.69, 9.17) is 16.3 Å². The van der Waals surface area contributed by atoms with Crippen molar-refractivity contribution in [3.05, 3.63) is 34.9 Å². The molecule has 146 valence electrons. The first-order valence-corrected chi connectivity index (χ1v) is 9.54. The van der Waals surface area contributed by atoms with Crippen molar-refractivity contribution < 1.29 is 17.9 Å². The summed E-state index contributed by atoms with van der Waals surface area (Å²) in [6.45, 7) is 12.6. The highest BCUT2D eigenvalue weighted by molar-refractivity contribution is 6.17. The van der Waals surface area contributed by atoms with Gasteiger partial charge in [0.25, 0.3) is 0 Å². The average Bonchev–Trinajstić information content (AvgIpc) is 3.09. The highest BCUT2D eigenvalue weighted by Crippen LogP contribution is 2.30. The van der Waals surface area contributed by atoms with Gasteiger partial charge in [-0.15, -0.1) is 11.6 Å². The minimum atomic E-state index is -4.28. The van der Waals surface area contributed by atoms with Crippen LogP contribution in [0.1, 0.15) is 63.6 Å². The highest BCUT2D eigenvalue weighted by Gasteiger charge is 2.30. The third kappa shape index (κ3) is 9.50. The van der Waals surface area contributed by atoms with Crippen LogP contribution in [0.5, 0.6) is 0 Å². The summed E-state index contributed by atoms with van der Waals surface area (Å²) in [5, 5.41) is 0. The minimum Gasteiger partial charge on any atom is -0.381 e. The largest absolute Gasteiger partial charge is 0.416 e. The maximum absolute atomic E-state index is 12.2. The van der Waals surface area contributed by atoms with Gasteiger partial charge in [0.2, 0.25) is 0 Å². The summed E-state index contributed by atoms with van der Waals surface area (Å²) >= 11 is 5.49. The van der Waals surface area contributed by atoms with Crippen LogP contribution in [0.15, 0.2) is 18.2 Å². The predicted octanol–water partition coefficient (Wildman–Crippen LogP) is 7.24. The third-order valence-corrected chi connectivity index (χ3v) is 4.52. The first-order chi connectivity index (χ1) is 11.7. The average molecular weight is 381 g/mol. The van der Waals surface area contributed by atoms with Crippen LogP contribution in [0.25, 0.3) is 0 Å². The van der Waals surface area contributed by atoms with E-state index >= 15 is 0 Å². The number of halogens is 4. The number of hydrogen-bond acceptors (Lipinski definition) is 1. The molecule has 5 heteroatoms. The minimum absolute atomic E-state index is 0.107. The van der Waals surface area contributed by atoms with E-state index in [2.05, 4.69) is 27.7 Å². The van der Waals surface area contributed by atoms with E-state index in [1.165, 1.54) is 25.3 Å². The summed E-state index contributed by atoms with van der Waals surface area (Å²) < 4.78 is 41.9. The van der Waals surface area contributed by atoms with E-state index in [-0.39, 0.29) is 5.88 Å². The van der Waals surface area contributed by atoms with Gasteiger partial charge in [-0.2, -0.15) is 13.2 Å². The van der Waals surface area contributed by atoms with Crippen LogP contribution in [-0.4, -0.2) is 13.2 Å². The van der Waals surface area contributed by atoms with Gasteiger partial charge < -0.3 is 4.74 Å². The first-order valence-electron chi connectivity index (χ1n) is 9.01. The summed E-state index contributed by atoms with van der Waals surface area (Å²) in [7, 11) is 0. The van der Waals surface area contributed by atoms with Crippen LogP contribution < -0.4 is 0 Å². The SMILES string of the molecule is CCC.CCC(C)C1CCOC1.Cc1ccc(C(F)(F)F)cc1CCl. The zero-order valence-electron chi connectivity index (χ0n) is 16.0. The standard InChI is InChI=1S/C9H8ClF3.C8H16O.C3H8/c1-6-2-3-8(9(11,12)13)4-7(6)5-10;1-3-7(2)8-4-5-9-6-8;1-3-2/h2-4H,5H2,1H3;7-8H,3-6H2,1-2H3;3H2,1-2H3. The summed E-state index contributed by atoms with van der Waals surface area (Å²) in [5.74, 6) is 1.83. The Kier molecular flexibility index (Phi) is 12.2. The molecule has 0 N–H and O–H groups in total. The number of ether oxygens (including phenoxy) is 1. The monoisotopic (exact) mass is 380 g/mol. The molecule has 0 bridgehead atoms. The number of hydrogen-bond donors (Lipinski definition) is 0. The van der Waals surface area contributed by atoms with Gasteiger partial charge in [0.15, 0.2) is 0 Å². The van der Waals surface area contributed by atoms with Crippen molar-refractivity contribution in [2.24, 2.45) is 11.8 Å². The lowest BCUT2D eigenvalue weighted by atomic mass is 9.91. The van der Waals surface area contributed by atoms with Crippen molar-refractivity contribution in [1.29, 1.82) is 0 Å². The van der Waals surface area contributed by atoms with Gasteiger partial charge in [-0.05, 0) is 48.4 Å². The highest BCUT2D eigenvalue weighted by atomic mass is 35.5. The van der Waals surface area contributed by atoms with E-state index < -0.39 is 11.7 Å². The molecule has 0 aliphatic carbocycles. The molecular formula is C20H32ClF3O. The van der Waals surface area contributed by atoms with Crippen molar-refractivity contribution in [3.63, 3.8) is 0 Å². The number of alkyl halides is 4. The zero-order chi connectivity index (χ0) is 19.5. The van der Waals surface area contributed by atoms with Gasteiger partial charge >= 0.3 is 6.18 Å². The Morgan fingerprint density at radius 2 is 1.84 bits per heavy atom. The smallest absolute Gasteiger partial charge is 0.381 e. The molecule has 0 aromatic heterocycles. The second-order valence-electron chi connectivity index (χ2n) is 6.49. The maximum Gasteiger partial charge on any atom is 0.416 e. The molecule has 1 aromatic rings. The topological polar surface area (TPSA) is 9.23 Å². The lowest BCUT2D eigenvalue weighted by Crippen LogP contribution is -2.09. The van der Waals surface area contributed by atoms with Crippen molar-refractivity contribution in [2.45, 2.75) is 65.9 Å². The molecule has 1 aliphatic rings. The normalized spacial score (nSPS) is 17.9. The molecular weight excluding hydrogens is 349 g/mol. The summed E-state index contributed by atoms with van der Waals surface area (Å²) in [5.41, 5.74) is 0.660. The van der Waals surface area contributed by atoms with Crippen molar-refractivity contribution in [3.8, 4) is 0 Å². The van der Waals surface area contributed by atoms with Crippen LogP contribution in [-0.2, 0) is 16.8 Å². The number of aryl methyl sites for hydroxylation is 1. The first kappa shape index (κ1) is 24.3. The molecule has 0 saturated carbocycles.